The number of nitrogens with zero attached hydrogens (tertiary/aromatic N) is 3. The molecule has 0 radical (unpaired) electrons. The standard InChI is InChI=1S/C12H15N5O2/c1-7-3-8(2)11(15-4-7)12-16-10(19-17-12)6-14-5-9(13)18/h3-4,14H,5-6H2,1-2H3,(H2,13,18). The van der Waals surface area contributed by atoms with Gasteiger partial charge in [0.15, 0.2) is 0 Å². The average molecular weight is 261 g/mol. The minimum absolute atomic E-state index is 0.0690. The van der Waals surface area contributed by atoms with Crippen molar-refractivity contribution >= 4 is 5.91 Å². The van der Waals surface area contributed by atoms with Crippen molar-refractivity contribution < 1.29 is 9.32 Å². The van der Waals surface area contributed by atoms with E-state index in [4.69, 9.17) is 10.3 Å². The number of carbonyl (C=O) groups is 1. The molecule has 0 fully saturated rings. The Hall–Kier alpha value is -2.28. The van der Waals surface area contributed by atoms with Gasteiger partial charge in [0.25, 0.3) is 0 Å². The second-order valence-electron chi connectivity index (χ2n) is 4.26. The minimum Gasteiger partial charge on any atom is -0.369 e. The molecule has 0 aliphatic rings. The molecule has 0 saturated carbocycles. The molecular weight excluding hydrogens is 246 g/mol. The number of hydrogen-bond donors (Lipinski definition) is 2. The van der Waals surface area contributed by atoms with Crippen LogP contribution in [0.5, 0.6) is 0 Å². The maximum absolute atomic E-state index is 10.6. The van der Waals surface area contributed by atoms with E-state index in [0.717, 1.165) is 11.1 Å². The molecule has 0 aromatic carbocycles. The van der Waals surface area contributed by atoms with E-state index in [-0.39, 0.29) is 6.54 Å². The van der Waals surface area contributed by atoms with Gasteiger partial charge in [-0.1, -0.05) is 11.2 Å². The number of nitrogens with one attached hydrogen (secondary N) is 1. The Kier molecular flexibility index (Phi) is 3.86. The molecule has 2 aromatic rings. The first-order chi connectivity index (χ1) is 9.06. The summed E-state index contributed by atoms with van der Waals surface area (Å²) in [7, 11) is 0. The fourth-order valence-electron chi connectivity index (χ4n) is 1.66. The lowest BCUT2D eigenvalue weighted by Crippen LogP contribution is -2.28. The van der Waals surface area contributed by atoms with Crippen LogP contribution in [0.25, 0.3) is 11.5 Å². The van der Waals surface area contributed by atoms with Crippen LogP contribution in [0.1, 0.15) is 17.0 Å². The number of pyridine rings is 1. The van der Waals surface area contributed by atoms with Gasteiger partial charge in [0, 0.05) is 6.20 Å². The van der Waals surface area contributed by atoms with E-state index in [1.165, 1.54) is 0 Å². The molecule has 0 aliphatic carbocycles. The predicted molar refractivity (Wildman–Crippen MR) is 67.9 cm³/mol. The van der Waals surface area contributed by atoms with Crippen LogP contribution in [0.2, 0.25) is 0 Å². The smallest absolute Gasteiger partial charge is 0.240 e. The fraction of sp³-hybridized carbons (Fsp3) is 0.333. The van der Waals surface area contributed by atoms with Crippen molar-refractivity contribution in [2.75, 3.05) is 6.54 Å². The van der Waals surface area contributed by atoms with Gasteiger partial charge >= 0.3 is 0 Å². The van der Waals surface area contributed by atoms with E-state index >= 15 is 0 Å². The molecule has 0 saturated heterocycles. The summed E-state index contributed by atoms with van der Waals surface area (Å²) in [5, 5.41) is 6.67. The van der Waals surface area contributed by atoms with Gasteiger partial charge in [-0.25, -0.2) is 0 Å². The molecule has 0 spiro atoms. The number of carbonyl (C=O) groups excluding carboxylic acids is 1. The molecule has 7 nitrogen and oxygen atoms in total. The van der Waals surface area contributed by atoms with Gasteiger partial charge in [0.2, 0.25) is 17.6 Å². The summed E-state index contributed by atoms with van der Waals surface area (Å²) in [5.41, 5.74) is 7.76. The highest BCUT2D eigenvalue weighted by Gasteiger charge is 2.12. The third-order valence-electron chi connectivity index (χ3n) is 2.47. The summed E-state index contributed by atoms with van der Waals surface area (Å²) in [6, 6.07) is 2.00. The maximum Gasteiger partial charge on any atom is 0.240 e. The molecule has 0 unspecified atom stereocenters. The largest absolute Gasteiger partial charge is 0.369 e. The Morgan fingerprint density at radius 2 is 2.26 bits per heavy atom. The van der Waals surface area contributed by atoms with Crippen molar-refractivity contribution in [2.24, 2.45) is 5.73 Å². The molecule has 100 valence electrons. The third-order valence-corrected chi connectivity index (χ3v) is 2.47. The number of aromatic nitrogens is 3. The van der Waals surface area contributed by atoms with Crippen LogP contribution in [0.15, 0.2) is 16.8 Å². The Labute approximate surface area is 110 Å². The Morgan fingerprint density at radius 3 is 2.95 bits per heavy atom. The van der Waals surface area contributed by atoms with Gasteiger partial charge in [-0.2, -0.15) is 4.98 Å². The highest BCUT2D eigenvalue weighted by Crippen LogP contribution is 2.18. The van der Waals surface area contributed by atoms with Gasteiger partial charge in [0.05, 0.1) is 13.1 Å². The zero-order valence-corrected chi connectivity index (χ0v) is 10.8. The summed E-state index contributed by atoms with van der Waals surface area (Å²) < 4.78 is 5.07. The minimum atomic E-state index is -0.434. The summed E-state index contributed by atoms with van der Waals surface area (Å²) >= 11 is 0. The molecule has 7 heteroatoms. The van der Waals surface area contributed by atoms with Gasteiger partial charge in [-0.15, -0.1) is 0 Å². The zero-order chi connectivity index (χ0) is 13.8. The van der Waals surface area contributed by atoms with Crippen LogP contribution in [0, 0.1) is 13.8 Å². The van der Waals surface area contributed by atoms with Crippen LogP contribution in [0.4, 0.5) is 0 Å². The highest BCUT2D eigenvalue weighted by molar-refractivity contribution is 5.75. The Bertz CT molecular complexity index is 594. The van der Waals surface area contributed by atoms with E-state index in [9.17, 15) is 4.79 Å². The monoisotopic (exact) mass is 261 g/mol. The third kappa shape index (κ3) is 3.35. The average Bonchev–Trinajstić information content (AvgIpc) is 2.77. The molecule has 2 heterocycles. The van der Waals surface area contributed by atoms with Crippen molar-refractivity contribution in [3.05, 3.63) is 29.3 Å². The summed E-state index contributed by atoms with van der Waals surface area (Å²) in [5.74, 6) is 0.391. The quantitative estimate of drug-likeness (QED) is 0.802. The van der Waals surface area contributed by atoms with E-state index in [1.54, 1.807) is 6.20 Å². The molecule has 0 aliphatic heterocycles. The SMILES string of the molecule is Cc1cnc(-c2noc(CNCC(N)=O)n2)c(C)c1. The number of aryl methyl sites for hydroxylation is 2. The zero-order valence-electron chi connectivity index (χ0n) is 10.8. The number of primary amides is 1. The Morgan fingerprint density at radius 1 is 1.47 bits per heavy atom. The number of amides is 1. The van der Waals surface area contributed by atoms with E-state index in [0.29, 0.717) is 24.0 Å². The van der Waals surface area contributed by atoms with Crippen LogP contribution >= 0.6 is 0 Å². The molecule has 3 N–H and O–H groups in total. The second-order valence-corrected chi connectivity index (χ2v) is 4.26. The first kappa shape index (κ1) is 13.2. The molecule has 0 atom stereocenters. The first-order valence-corrected chi connectivity index (χ1v) is 5.81. The fourth-order valence-corrected chi connectivity index (χ4v) is 1.66. The van der Waals surface area contributed by atoms with Crippen LogP contribution in [0.3, 0.4) is 0 Å². The summed E-state index contributed by atoms with van der Waals surface area (Å²) in [4.78, 5) is 19.1. The molecule has 1 amide bonds. The normalized spacial score (nSPS) is 10.6. The second kappa shape index (κ2) is 5.57. The number of rotatable bonds is 5. The van der Waals surface area contributed by atoms with Gasteiger partial charge < -0.3 is 10.3 Å². The van der Waals surface area contributed by atoms with E-state index in [2.05, 4.69) is 20.4 Å². The molecule has 2 rings (SSSR count). The summed E-state index contributed by atoms with van der Waals surface area (Å²) in [6.45, 7) is 4.27. The lowest BCUT2D eigenvalue weighted by Gasteiger charge is -2.00. The topological polar surface area (TPSA) is 107 Å². The van der Waals surface area contributed by atoms with Crippen LogP contribution in [-0.4, -0.2) is 27.6 Å². The van der Waals surface area contributed by atoms with Gasteiger partial charge in [-0.3, -0.25) is 15.1 Å². The van der Waals surface area contributed by atoms with Crippen LogP contribution in [-0.2, 0) is 11.3 Å². The van der Waals surface area contributed by atoms with Crippen molar-refractivity contribution in [3.63, 3.8) is 0 Å². The molecular formula is C12H15N5O2. The van der Waals surface area contributed by atoms with Crippen LogP contribution < -0.4 is 11.1 Å². The maximum atomic E-state index is 10.6. The lowest BCUT2D eigenvalue weighted by molar-refractivity contribution is -0.117. The predicted octanol–water partition coefficient (Wildman–Crippen LogP) is 0.323. The number of hydrogen-bond acceptors (Lipinski definition) is 6. The van der Waals surface area contributed by atoms with Gasteiger partial charge in [0.1, 0.15) is 5.69 Å². The van der Waals surface area contributed by atoms with Crippen molar-refractivity contribution in [1.82, 2.24) is 20.4 Å². The Balaban J connectivity index is 2.10. The van der Waals surface area contributed by atoms with E-state index < -0.39 is 5.91 Å². The first-order valence-electron chi connectivity index (χ1n) is 5.81. The van der Waals surface area contributed by atoms with Crippen molar-refractivity contribution in [1.29, 1.82) is 0 Å². The molecule has 2 aromatic heterocycles. The van der Waals surface area contributed by atoms with Gasteiger partial charge in [-0.05, 0) is 25.0 Å². The molecule has 19 heavy (non-hydrogen) atoms. The number of nitrogens with two attached hydrogens (primary N) is 1. The van der Waals surface area contributed by atoms with Crippen molar-refractivity contribution in [3.8, 4) is 11.5 Å². The summed E-state index contributed by atoms with van der Waals surface area (Å²) in [6.07, 6.45) is 1.75. The van der Waals surface area contributed by atoms with E-state index in [1.807, 2.05) is 19.9 Å². The highest BCUT2D eigenvalue weighted by atomic mass is 16.5. The van der Waals surface area contributed by atoms with Crippen molar-refractivity contribution in [2.45, 2.75) is 20.4 Å². The lowest BCUT2D eigenvalue weighted by atomic mass is 10.1. The molecule has 0 bridgehead atoms.